The fourth-order valence-electron chi connectivity index (χ4n) is 1.10. The Balaban J connectivity index is 2.69. The lowest BCUT2D eigenvalue weighted by Gasteiger charge is -2.13. The van der Waals surface area contributed by atoms with Crippen molar-refractivity contribution in [2.75, 3.05) is 24.3 Å². The van der Waals surface area contributed by atoms with Crippen molar-refractivity contribution in [1.82, 2.24) is 0 Å². The fraction of sp³-hybridized carbons (Fsp3) is 0.364. The van der Waals surface area contributed by atoms with Crippen LogP contribution in [0.25, 0.3) is 0 Å². The Labute approximate surface area is 90.1 Å². The number of anilines is 2. The van der Waals surface area contributed by atoms with Crippen LogP contribution in [0.4, 0.5) is 11.4 Å². The van der Waals surface area contributed by atoms with Gasteiger partial charge in [0.2, 0.25) is 5.91 Å². The zero-order valence-electron chi connectivity index (χ0n) is 9.32. The molecule has 0 bridgehead atoms. The second-order valence-electron chi connectivity index (χ2n) is 3.72. The summed E-state index contributed by atoms with van der Waals surface area (Å²) in [4.78, 5) is 13.3. The van der Waals surface area contributed by atoms with Crippen molar-refractivity contribution in [1.29, 1.82) is 0 Å². The molecule has 0 saturated heterocycles. The minimum Gasteiger partial charge on any atom is -0.378 e. The van der Waals surface area contributed by atoms with E-state index in [4.69, 9.17) is 5.73 Å². The summed E-state index contributed by atoms with van der Waals surface area (Å²) in [6, 6.07) is 7.11. The SMILES string of the molecule is CC(N)C(=O)Nc1ccc(N(C)C)cc1. The van der Waals surface area contributed by atoms with E-state index in [1.807, 2.05) is 43.3 Å². The summed E-state index contributed by atoms with van der Waals surface area (Å²) in [6.07, 6.45) is 0. The minimum absolute atomic E-state index is 0.174. The molecule has 1 unspecified atom stereocenters. The lowest BCUT2D eigenvalue weighted by Crippen LogP contribution is -2.32. The highest BCUT2D eigenvalue weighted by Gasteiger charge is 2.06. The van der Waals surface area contributed by atoms with E-state index < -0.39 is 6.04 Å². The average Bonchev–Trinajstić information content (AvgIpc) is 2.18. The Morgan fingerprint density at radius 2 is 1.87 bits per heavy atom. The monoisotopic (exact) mass is 207 g/mol. The van der Waals surface area contributed by atoms with Crippen molar-refractivity contribution < 1.29 is 4.79 Å². The molecule has 0 spiro atoms. The standard InChI is InChI=1S/C11H17N3O/c1-8(12)11(15)13-9-4-6-10(7-5-9)14(2)3/h4-8H,12H2,1-3H3,(H,13,15). The highest BCUT2D eigenvalue weighted by molar-refractivity contribution is 5.94. The van der Waals surface area contributed by atoms with Gasteiger partial charge in [0.15, 0.2) is 0 Å². The minimum atomic E-state index is -0.487. The maximum atomic E-state index is 11.3. The van der Waals surface area contributed by atoms with Gasteiger partial charge in [-0.3, -0.25) is 4.79 Å². The van der Waals surface area contributed by atoms with E-state index >= 15 is 0 Å². The third-order valence-corrected chi connectivity index (χ3v) is 2.06. The van der Waals surface area contributed by atoms with Crippen molar-refractivity contribution in [3.63, 3.8) is 0 Å². The van der Waals surface area contributed by atoms with Crippen molar-refractivity contribution in [2.45, 2.75) is 13.0 Å². The Morgan fingerprint density at radius 1 is 1.33 bits per heavy atom. The molecule has 0 aromatic heterocycles. The van der Waals surface area contributed by atoms with Crippen LogP contribution in [0.3, 0.4) is 0 Å². The second-order valence-corrected chi connectivity index (χ2v) is 3.72. The first-order valence-electron chi connectivity index (χ1n) is 4.84. The number of rotatable bonds is 3. The van der Waals surface area contributed by atoms with Gasteiger partial charge in [0.05, 0.1) is 6.04 Å². The predicted octanol–water partition coefficient (Wildman–Crippen LogP) is 1.04. The molecule has 1 amide bonds. The fourth-order valence-corrected chi connectivity index (χ4v) is 1.10. The molecule has 4 nitrogen and oxygen atoms in total. The van der Waals surface area contributed by atoms with Gasteiger partial charge >= 0.3 is 0 Å². The van der Waals surface area contributed by atoms with Gasteiger partial charge in [0, 0.05) is 25.5 Å². The second kappa shape index (κ2) is 4.79. The van der Waals surface area contributed by atoms with Gasteiger partial charge in [-0.1, -0.05) is 0 Å². The third-order valence-electron chi connectivity index (χ3n) is 2.06. The van der Waals surface area contributed by atoms with Crippen LogP contribution in [0.15, 0.2) is 24.3 Å². The summed E-state index contributed by atoms with van der Waals surface area (Å²) >= 11 is 0. The lowest BCUT2D eigenvalue weighted by molar-refractivity contribution is -0.117. The number of benzene rings is 1. The van der Waals surface area contributed by atoms with Gasteiger partial charge in [-0.25, -0.2) is 0 Å². The first kappa shape index (κ1) is 11.5. The number of hydrogen-bond acceptors (Lipinski definition) is 3. The van der Waals surface area contributed by atoms with Gasteiger partial charge in [-0.2, -0.15) is 0 Å². The molecule has 1 aromatic carbocycles. The molecule has 0 aliphatic carbocycles. The molecule has 4 heteroatoms. The van der Waals surface area contributed by atoms with E-state index in [2.05, 4.69) is 5.32 Å². The van der Waals surface area contributed by atoms with E-state index in [-0.39, 0.29) is 5.91 Å². The predicted molar refractivity (Wildman–Crippen MR) is 63.0 cm³/mol. The highest BCUT2D eigenvalue weighted by Crippen LogP contribution is 2.15. The summed E-state index contributed by atoms with van der Waals surface area (Å²) in [5.41, 5.74) is 7.30. The summed E-state index contributed by atoms with van der Waals surface area (Å²) in [6.45, 7) is 1.66. The van der Waals surface area contributed by atoms with Crippen LogP contribution < -0.4 is 16.0 Å². The zero-order valence-corrected chi connectivity index (χ0v) is 9.32. The molecule has 15 heavy (non-hydrogen) atoms. The topological polar surface area (TPSA) is 58.4 Å². The van der Waals surface area contributed by atoms with Crippen LogP contribution in [-0.2, 0) is 4.79 Å². The van der Waals surface area contributed by atoms with Crippen LogP contribution in [0.2, 0.25) is 0 Å². The first-order chi connectivity index (χ1) is 7.00. The smallest absolute Gasteiger partial charge is 0.240 e. The molecule has 82 valence electrons. The van der Waals surface area contributed by atoms with E-state index in [0.29, 0.717) is 0 Å². The molecule has 1 atom stereocenters. The van der Waals surface area contributed by atoms with E-state index in [1.165, 1.54) is 0 Å². The molecule has 3 N–H and O–H groups in total. The molecule has 0 aliphatic rings. The maximum Gasteiger partial charge on any atom is 0.240 e. The number of amides is 1. The van der Waals surface area contributed by atoms with Gasteiger partial charge < -0.3 is 16.0 Å². The largest absolute Gasteiger partial charge is 0.378 e. The lowest BCUT2D eigenvalue weighted by atomic mass is 10.2. The molecule has 1 rings (SSSR count). The van der Waals surface area contributed by atoms with Crippen molar-refractivity contribution in [3.05, 3.63) is 24.3 Å². The highest BCUT2D eigenvalue weighted by atomic mass is 16.2. The quantitative estimate of drug-likeness (QED) is 0.778. The number of hydrogen-bond donors (Lipinski definition) is 2. The average molecular weight is 207 g/mol. The van der Waals surface area contributed by atoms with Crippen molar-refractivity contribution in [3.8, 4) is 0 Å². The van der Waals surface area contributed by atoms with Crippen LogP contribution in [-0.4, -0.2) is 26.0 Å². The molecule has 1 aromatic rings. The third kappa shape index (κ3) is 3.25. The Morgan fingerprint density at radius 3 is 2.27 bits per heavy atom. The van der Waals surface area contributed by atoms with Crippen LogP contribution in [0.1, 0.15) is 6.92 Å². The normalized spacial score (nSPS) is 12.0. The van der Waals surface area contributed by atoms with Gasteiger partial charge in [-0.15, -0.1) is 0 Å². The van der Waals surface area contributed by atoms with Crippen LogP contribution in [0.5, 0.6) is 0 Å². The summed E-state index contributed by atoms with van der Waals surface area (Å²) in [7, 11) is 3.94. The molecule has 0 radical (unpaired) electrons. The van der Waals surface area contributed by atoms with Crippen molar-refractivity contribution >= 4 is 17.3 Å². The number of nitrogens with zero attached hydrogens (tertiary/aromatic N) is 1. The zero-order chi connectivity index (χ0) is 11.4. The Bertz CT molecular complexity index is 330. The maximum absolute atomic E-state index is 11.3. The number of nitrogens with two attached hydrogens (primary N) is 1. The Kier molecular flexibility index (Phi) is 3.68. The molecular formula is C11H17N3O. The van der Waals surface area contributed by atoms with Gasteiger partial charge in [-0.05, 0) is 31.2 Å². The van der Waals surface area contributed by atoms with Crippen LogP contribution >= 0.6 is 0 Å². The number of nitrogens with one attached hydrogen (secondary N) is 1. The molecular weight excluding hydrogens is 190 g/mol. The van der Waals surface area contributed by atoms with E-state index in [1.54, 1.807) is 6.92 Å². The molecule has 0 saturated carbocycles. The molecule has 0 fully saturated rings. The first-order valence-corrected chi connectivity index (χ1v) is 4.84. The van der Waals surface area contributed by atoms with Gasteiger partial charge in [0.25, 0.3) is 0 Å². The van der Waals surface area contributed by atoms with Crippen molar-refractivity contribution in [2.24, 2.45) is 5.73 Å². The van der Waals surface area contributed by atoms with Crippen LogP contribution in [0, 0.1) is 0 Å². The summed E-state index contributed by atoms with van der Waals surface area (Å²) in [5, 5.41) is 2.73. The summed E-state index contributed by atoms with van der Waals surface area (Å²) < 4.78 is 0. The van der Waals surface area contributed by atoms with Gasteiger partial charge in [0.1, 0.15) is 0 Å². The molecule has 0 aliphatic heterocycles. The number of carbonyl (C=O) groups is 1. The van der Waals surface area contributed by atoms with E-state index in [9.17, 15) is 4.79 Å². The summed E-state index contributed by atoms with van der Waals surface area (Å²) in [5.74, 6) is -0.174. The van der Waals surface area contributed by atoms with E-state index in [0.717, 1.165) is 11.4 Å². The Hall–Kier alpha value is -1.55. The number of carbonyl (C=O) groups excluding carboxylic acids is 1. The molecule has 0 heterocycles.